The van der Waals surface area contributed by atoms with Crippen molar-refractivity contribution >= 4 is 29.7 Å². The summed E-state index contributed by atoms with van der Waals surface area (Å²) in [4.78, 5) is 60.0. The Balaban J connectivity index is 1.90. The van der Waals surface area contributed by atoms with E-state index in [1.807, 2.05) is 6.07 Å². The molecule has 1 heterocycles. The van der Waals surface area contributed by atoms with Gasteiger partial charge in [0.15, 0.2) is 18.0 Å². The predicted molar refractivity (Wildman–Crippen MR) is 134 cm³/mol. The SMILES string of the molecule is CC(=O)OC[C@H]1O[C@@H](Oc2ccc(C(=O)c3ccc(C#N)cc3)cc2)[C@H](OC(C)=O)[C@@H](OC(C)=O)[C@H]1OC(C)=O. The van der Waals surface area contributed by atoms with E-state index in [4.69, 9.17) is 33.7 Å². The molecule has 0 amide bonds. The highest BCUT2D eigenvalue weighted by Crippen LogP contribution is 2.31. The van der Waals surface area contributed by atoms with Crippen LogP contribution in [0, 0.1) is 11.3 Å². The summed E-state index contributed by atoms with van der Waals surface area (Å²) >= 11 is 0. The number of carbonyl (C=O) groups is 5. The van der Waals surface area contributed by atoms with Crippen molar-refractivity contribution in [3.63, 3.8) is 0 Å². The summed E-state index contributed by atoms with van der Waals surface area (Å²) in [6, 6.07) is 14.1. The van der Waals surface area contributed by atoms with E-state index in [0.717, 1.165) is 20.8 Å². The van der Waals surface area contributed by atoms with E-state index < -0.39 is 61.2 Å². The molecule has 0 bridgehead atoms. The van der Waals surface area contributed by atoms with Crippen LogP contribution in [-0.4, -0.2) is 67.0 Å². The van der Waals surface area contributed by atoms with Gasteiger partial charge in [0.05, 0.1) is 11.6 Å². The number of hydrogen-bond donors (Lipinski definition) is 0. The maximum absolute atomic E-state index is 12.8. The summed E-state index contributed by atoms with van der Waals surface area (Å²) in [7, 11) is 0. The number of benzene rings is 2. The average Bonchev–Trinajstić information content (AvgIpc) is 2.90. The molecule has 2 aromatic rings. The van der Waals surface area contributed by atoms with Crippen molar-refractivity contribution in [2.75, 3.05) is 6.61 Å². The smallest absolute Gasteiger partial charge is 0.303 e. The van der Waals surface area contributed by atoms with Crippen molar-refractivity contribution in [1.82, 2.24) is 0 Å². The van der Waals surface area contributed by atoms with Crippen molar-refractivity contribution in [2.45, 2.75) is 58.4 Å². The number of carbonyl (C=O) groups excluding carboxylic acids is 5. The molecule has 40 heavy (non-hydrogen) atoms. The molecule has 12 nitrogen and oxygen atoms in total. The first-order chi connectivity index (χ1) is 19.0. The van der Waals surface area contributed by atoms with Crippen molar-refractivity contribution in [1.29, 1.82) is 5.26 Å². The molecule has 210 valence electrons. The zero-order chi connectivity index (χ0) is 29.4. The minimum atomic E-state index is -1.40. The third kappa shape index (κ3) is 7.87. The van der Waals surface area contributed by atoms with Gasteiger partial charge in [-0.1, -0.05) is 0 Å². The Labute approximate surface area is 229 Å². The third-order valence-electron chi connectivity index (χ3n) is 5.59. The quantitative estimate of drug-likeness (QED) is 0.253. The molecule has 0 N–H and O–H groups in total. The van der Waals surface area contributed by atoms with Gasteiger partial charge in [0.2, 0.25) is 12.4 Å². The van der Waals surface area contributed by atoms with Crippen molar-refractivity contribution in [3.05, 3.63) is 65.2 Å². The lowest BCUT2D eigenvalue weighted by atomic mass is 9.98. The van der Waals surface area contributed by atoms with Gasteiger partial charge in [-0.05, 0) is 48.5 Å². The molecule has 3 rings (SSSR count). The number of rotatable bonds is 9. The molecular formula is C28H27NO11. The summed E-state index contributed by atoms with van der Waals surface area (Å²) in [6.45, 7) is 4.14. The van der Waals surface area contributed by atoms with Gasteiger partial charge in [0, 0.05) is 38.8 Å². The second-order valence-corrected chi connectivity index (χ2v) is 8.73. The summed E-state index contributed by atoms with van der Waals surface area (Å²) in [5.74, 6) is -3.02. The van der Waals surface area contributed by atoms with Gasteiger partial charge in [-0.2, -0.15) is 5.26 Å². The van der Waals surface area contributed by atoms with Crippen molar-refractivity contribution in [2.24, 2.45) is 0 Å². The number of ether oxygens (including phenoxy) is 6. The average molecular weight is 554 g/mol. The lowest BCUT2D eigenvalue weighted by Gasteiger charge is -2.43. The van der Waals surface area contributed by atoms with Crippen LogP contribution in [0.5, 0.6) is 5.75 Å². The van der Waals surface area contributed by atoms with Crippen LogP contribution in [0.3, 0.4) is 0 Å². The molecule has 0 aromatic heterocycles. The monoisotopic (exact) mass is 553 g/mol. The van der Waals surface area contributed by atoms with Crippen LogP contribution in [0.1, 0.15) is 49.2 Å². The van der Waals surface area contributed by atoms with Crippen LogP contribution in [0.25, 0.3) is 0 Å². The van der Waals surface area contributed by atoms with E-state index in [9.17, 15) is 24.0 Å². The predicted octanol–water partition coefficient (Wildman–Crippen LogP) is 2.25. The maximum Gasteiger partial charge on any atom is 0.303 e. The first-order valence-corrected chi connectivity index (χ1v) is 12.1. The molecule has 0 saturated carbocycles. The second-order valence-electron chi connectivity index (χ2n) is 8.73. The standard InChI is InChI=1S/C28H27NO11/c1-15(30)35-14-23-25(36-16(2)31)26(37-17(3)32)27(38-18(4)33)28(40-23)39-22-11-9-21(10-12-22)24(34)20-7-5-19(13-29)6-8-20/h5-12,23,25-28H,14H2,1-4H3/t23-,25+,26+,27-,28-/m1/s1. The van der Waals surface area contributed by atoms with Crippen LogP contribution in [0.15, 0.2) is 48.5 Å². The topological polar surface area (TPSA) is 165 Å². The van der Waals surface area contributed by atoms with Crippen LogP contribution < -0.4 is 4.74 Å². The molecule has 12 heteroatoms. The van der Waals surface area contributed by atoms with Gasteiger partial charge in [-0.15, -0.1) is 0 Å². The third-order valence-corrected chi connectivity index (χ3v) is 5.59. The highest BCUT2D eigenvalue weighted by molar-refractivity contribution is 6.09. The Morgan fingerprint density at radius 1 is 0.725 bits per heavy atom. The molecular weight excluding hydrogens is 526 g/mol. The minimum Gasteiger partial charge on any atom is -0.463 e. The number of nitriles is 1. The summed E-state index contributed by atoms with van der Waals surface area (Å²) < 4.78 is 33.0. The van der Waals surface area contributed by atoms with Crippen LogP contribution in [-0.2, 0) is 42.9 Å². The zero-order valence-corrected chi connectivity index (χ0v) is 22.2. The van der Waals surface area contributed by atoms with E-state index in [1.54, 1.807) is 12.1 Å². The van der Waals surface area contributed by atoms with Gasteiger partial charge < -0.3 is 28.4 Å². The Kier molecular flexibility index (Phi) is 9.94. The van der Waals surface area contributed by atoms with Gasteiger partial charge in [0.1, 0.15) is 18.5 Å². The molecule has 0 radical (unpaired) electrons. The summed E-state index contributed by atoms with van der Waals surface area (Å²) in [6.07, 6.45) is -6.63. The fraction of sp³-hybridized carbons (Fsp3) is 0.357. The van der Waals surface area contributed by atoms with E-state index in [2.05, 4.69) is 0 Å². The molecule has 0 aliphatic carbocycles. The number of ketones is 1. The van der Waals surface area contributed by atoms with Gasteiger partial charge >= 0.3 is 23.9 Å². The summed E-state index contributed by atoms with van der Waals surface area (Å²) in [5, 5.41) is 8.94. The summed E-state index contributed by atoms with van der Waals surface area (Å²) in [5.41, 5.74) is 1.14. The first kappa shape index (κ1) is 29.8. The molecule has 2 aromatic carbocycles. The lowest BCUT2D eigenvalue weighted by Crippen LogP contribution is -2.63. The molecule has 1 saturated heterocycles. The lowest BCUT2D eigenvalue weighted by molar-refractivity contribution is -0.288. The van der Waals surface area contributed by atoms with Gasteiger partial charge in [-0.3, -0.25) is 24.0 Å². The molecule has 5 atom stereocenters. The van der Waals surface area contributed by atoms with Crippen molar-refractivity contribution in [3.8, 4) is 11.8 Å². The molecule has 0 unspecified atom stereocenters. The molecule has 1 aliphatic heterocycles. The van der Waals surface area contributed by atoms with Gasteiger partial charge in [-0.25, -0.2) is 0 Å². The first-order valence-electron chi connectivity index (χ1n) is 12.1. The van der Waals surface area contributed by atoms with E-state index in [0.29, 0.717) is 16.7 Å². The Morgan fingerprint density at radius 3 is 1.73 bits per heavy atom. The van der Waals surface area contributed by atoms with Gasteiger partial charge in [0.25, 0.3) is 0 Å². The fourth-order valence-electron chi connectivity index (χ4n) is 3.97. The normalized spacial score (nSPS) is 21.7. The highest BCUT2D eigenvalue weighted by atomic mass is 16.7. The number of nitrogens with zero attached hydrogens (tertiary/aromatic N) is 1. The fourth-order valence-corrected chi connectivity index (χ4v) is 3.97. The highest BCUT2D eigenvalue weighted by Gasteiger charge is 2.53. The molecule has 1 fully saturated rings. The Hall–Kier alpha value is -4.76. The zero-order valence-electron chi connectivity index (χ0n) is 22.2. The van der Waals surface area contributed by atoms with Crippen LogP contribution in [0.4, 0.5) is 0 Å². The largest absolute Gasteiger partial charge is 0.463 e. The number of hydrogen-bond acceptors (Lipinski definition) is 12. The molecule has 1 aliphatic rings. The van der Waals surface area contributed by atoms with E-state index in [1.165, 1.54) is 43.3 Å². The van der Waals surface area contributed by atoms with E-state index in [-0.39, 0.29) is 11.5 Å². The Morgan fingerprint density at radius 2 is 1.23 bits per heavy atom. The van der Waals surface area contributed by atoms with Crippen LogP contribution >= 0.6 is 0 Å². The number of esters is 4. The Bertz CT molecular complexity index is 1300. The maximum atomic E-state index is 12.8. The van der Waals surface area contributed by atoms with Crippen molar-refractivity contribution < 1.29 is 52.4 Å². The minimum absolute atomic E-state index is 0.192. The molecule has 0 spiro atoms. The second kappa shape index (κ2) is 13.3. The van der Waals surface area contributed by atoms with Crippen LogP contribution in [0.2, 0.25) is 0 Å². The van der Waals surface area contributed by atoms with E-state index >= 15 is 0 Å².